The van der Waals surface area contributed by atoms with E-state index in [0.29, 0.717) is 5.92 Å². The summed E-state index contributed by atoms with van der Waals surface area (Å²) in [6.45, 7) is 2.04. The van der Waals surface area contributed by atoms with Gasteiger partial charge in [0.15, 0.2) is 0 Å². The van der Waals surface area contributed by atoms with Crippen LogP contribution in [0.5, 0.6) is 0 Å². The lowest BCUT2D eigenvalue weighted by molar-refractivity contribution is 0.429. The highest BCUT2D eigenvalue weighted by Crippen LogP contribution is 2.31. The van der Waals surface area contributed by atoms with E-state index in [0.717, 1.165) is 31.8 Å². The SMILES string of the molecule is c1ccc(-c2nc(C3CNC3)nc3c2CCC3)cc1. The van der Waals surface area contributed by atoms with Crippen LogP contribution in [0, 0.1) is 0 Å². The Morgan fingerprint density at radius 2 is 1.84 bits per heavy atom. The van der Waals surface area contributed by atoms with E-state index in [1.807, 2.05) is 0 Å². The summed E-state index contributed by atoms with van der Waals surface area (Å²) in [6.07, 6.45) is 3.46. The van der Waals surface area contributed by atoms with Crippen LogP contribution in [0.25, 0.3) is 11.3 Å². The first-order chi connectivity index (χ1) is 9.42. The van der Waals surface area contributed by atoms with E-state index in [2.05, 4.69) is 35.6 Å². The van der Waals surface area contributed by atoms with Crippen molar-refractivity contribution in [3.63, 3.8) is 0 Å². The third-order valence-corrected chi connectivity index (χ3v) is 4.14. The van der Waals surface area contributed by atoms with Crippen LogP contribution in [0.3, 0.4) is 0 Å². The second-order valence-electron chi connectivity index (χ2n) is 5.43. The second-order valence-corrected chi connectivity index (χ2v) is 5.43. The molecule has 3 heteroatoms. The standard InChI is InChI=1S/C16H17N3/c1-2-5-11(6-3-1)15-13-7-4-8-14(13)18-16(19-15)12-9-17-10-12/h1-3,5-6,12,17H,4,7-10H2. The van der Waals surface area contributed by atoms with E-state index in [1.54, 1.807) is 0 Å². The fraction of sp³-hybridized carbons (Fsp3) is 0.375. The average Bonchev–Trinajstić information content (AvgIpc) is 2.85. The van der Waals surface area contributed by atoms with Gasteiger partial charge in [0.05, 0.1) is 5.69 Å². The van der Waals surface area contributed by atoms with E-state index in [1.165, 1.54) is 28.9 Å². The molecule has 0 saturated carbocycles. The third kappa shape index (κ3) is 1.85. The summed E-state index contributed by atoms with van der Waals surface area (Å²) in [6, 6.07) is 10.5. The Bertz CT molecular complexity index is 603. The average molecular weight is 251 g/mol. The van der Waals surface area contributed by atoms with Gasteiger partial charge in [0.2, 0.25) is 0 Å². The monoisotopic (exact) mass is 251 g/mol. The van der Waals surface area contributed by atoms with Crippen LogP contribution in [0.2, 0.25) is 0 Å². The number of hydrogen-bond acceptors (Lipinski definition) is 3. The molecule has 0 radical (unpaired) electrons. The molecule has 0 atom stereocenters. The fourth-order valence-corrected chi connectivity index (χ4v) is 2.94. The Morgan fingerprint density at radius 1 is 1.00 bits per heavy atom. The Balaban J connectivity index is 1.86. The number of benzene rings is 1. The molecule has 19 heavy (non-hydrogen) atoms. The Morgan fingerprint density at radius 3 is 2.58 bits per heavy atom. The van der Waals surface area contributed by atoms with Crippen molar-refractivity contribution < 1.29 is 0 Å². The van der Waals surface area contributed by atoms with Crippen molar-refractivity contribution in [2.75, 3.05) is 13.1 Å². The predicted octanol–water partition coefficient (Wildman–Crippen LogP) is 2.32. The second kappa shape index (κ2) is 4.42. The number of hydrogen-bond donors (Lipinski definition) is 1. The molecule has 4 rings (SSSR count). The van der Waals surface area contributed by atoms with Crippen molar-refractivity contribution in [1.82, 2.24) is 15.3 Å². The van der Waals surface area contributed by atoms with Crippen LogP contribution in [0.4, 0.5) is 0 Å². The largest absolute Gasteiger partial charge is 0.315 e. The normalized spacial score (nSPS) is 18.1. The van der Waals surface area contributed by atoms with Gasteiger partial charge in [-0.05, 0) is 19.3 Å². The number of nitrogens with one attached hydrogen (secondary N) is 1. The summed E-state index contributed by atoms with van der Waals surface area (Å²) < 4.78 is 0. The van der Waals surface area contributed by atoms with E-state index in [4.69, 9.17) is 9.97 Å². The van der Waals surface area contributed by atoms with Crippen molar-refractivity contribution in [1.29, 1.82) is 0 Å². The number of aryl methyl sites for hydroxylation is 1. The van der Waals surface area contributed by atoms with Crippen LogP contribution in [0.15, 0.2) is 30.3 Å². The van der Waals surface area contributed by atoms with Gasteiger partial charge in [0, 0.05) is 35.8 Å². The topological polar surface area (TPSA) is 37.8 Å². The Hall–Kier alpha value is -1.74. The van der Waals surface area contributed by atoms with Gasteiger partial charge in [0.25, 0.3) is 0 Å². The lowest BCUT2D eigenvalue weighted by Crippen LogP contribution is -2.41. The number of nitrogens with zero attached hydrogens (tertiary/aromatic N) is 2. The van der Waals surface area contributed by atoms with Gasteiger partial charge in [-0.15, -0.1) is 0 Å². The summed E-state index contributed by atoms with van der Waals surface area (Å²) >= 11 is 0. The molecule has 2 aromatic rings. The molecule has 96 valence electrons. The first-order valence-electron chi connectivity index (χ1n) is 7.07. The van der Waals surface area contributed by atoms with Gasteiger partial charge in [0.1, 0.15) is 5.82 Å². The summed E-state index contributed by atoms with van der Waals surface area (Å²) in [5, 5.41) is 3.31. The highest BCUT2D eigenvalue weighted by atomic mass is 15.0. The minimum atomic E-state index is 0.508. The van der Waals surface area contributed by atoms with Gasteiger partial charge >= 0.3 is 0 Å². The zero-order valence-corrected chi connectivity index (χ0v) is 10.9. The molecule has 1 aliphatic carbocycles. The van der Waals surface area contributed by atoms with Crippen molar-refractivity contribution >= 4 is 0 Å². The highest BCUT2D eigenvalue weighted by Gasteiger charge is 2.26. The van der Waals surface area contributed by atoms with E-state index in [-0.39, 0.29) is 0 Å². The zero-order valence-electron chi connectivity index (χ0n) is 10.9. The van der Waals surface area contributed by atoms with Crippen LogP contribution >= 0.6 is 0 Å². The van der Waals surface area contributed by atoms with Gasteiger partial charge in [-0.3, -0.25) is 0 Å². The molecule has 0 bridgehead atoms. The van der Waals surface area contributed by atoms with E-state index < -0.39 is 0 Å². The van der Waals surface area contributed by atoms with Gasteiger partial charge in [-0.25, -0.2) is 9.97 Å². The minimum Gasteiger partial charge on any atom is -0.315 e. The smallest absolute Gasteiger partial charge is 0.134 e. The molecule has 1 saturated heterocycles. The zero-order chi connectivity index (χ0) is 12.7. The van der Waals surface area contributed by atoms with Crippen molar-refractivity contribution in [2.45, 2.75) is 25.2 Å². The van der Waals surface area contributed by atoms with Crippen LogP contribution in [0.1, 0.15) is 29.4 Å². The molecule has 2 aliphatic rings. The third-order valence-electron chi connectivity index (χ3n) is 4.14. The summed E-state index contributed by atoms with van der Waals surface area (Å²) in [7, 11) is 0. The molecule has 2 heterocycles. The summed E-state index contributed by atoms with van der Waals surface area (Å²) in [4.78, 5) is 9.70. The van der Waals surface area contributed by atoms with E-state index in [9.17, 15) is 0 Å². The maximum Gasteiger partial charge on any atom is 0.134 e. The maximum absolute atomic E-state index is 4.89. The first kappa shape index (κ1) is 11.1. The van der Waals surface area contributed by atoms with Crippen molar-refractivity contribution in [3.8, 4) is 11.3 Å². The van der Waals surface area contributed by atoms with Gasteiger partial charge < -0.3 is 5.32 Å². The highest BCUT2D eigenvalue weighted by molar-refractivity contribution is 5.64. The lowest BCUT2D eigenvalue weighted by Gasteiger charge is -2.26. The molecule has 0 amide bonds. The Labute approximate surface area is 113 Å². The maximum atomic E-state index is 4.89. The van der Waals surface area contributed by atoms with E-state index >= 15 is 0 Å². The molecular formula is C16H17N3. The van der Waals surface area contributed by atoms with Crippen molar-refractivity contribution in [3.05, 3.63) is 47.4 Å². The number of aromatic nitrogens is 2. The first-order valence-corrected chi connectivity index (χ1v) is 7.07. The molecular weight excluding hydrogens is 234 g/mol. The van der Waals surface area contributed by atoms with Gasteiger partial charge in [-0.2, -0.15) is 0 Å². The summed E-state index contributed by atoms with van der Waals surface area (Å²) in [5.41, 5.74) is 5.07. The molecule has 0 spiro atoms. The molecule has 1 aliphatic heterocycles. The Kier molecular flexibility index (Phi) is 2.59. The predicted molar refractivity (Wildman–Crippen MR) is 75.1 cm³/mol. The molecule has 1 N–H and O–H groups in total. The number of rotatable bonds is 2. The number of fused-ring (bicyclic) bond motifs is 1. The minimum absolute atomic E-state index is 0.508. The molecule has 1 fully saturated rings. The van der Waals surface area contributed by atoms with Crippen LogP contribution in [-0.4, -0.2) is 23.1 Å². The van der Waals surface area contributed by atoms with Crippen LogP contribution < -0.4 is 5.32 Å². The van der Waals surface area contributed by atoms with Crippen molar-refractivity contribution in [2.24, 2.45) is 0 Å². The fourth-order valence-electron chi connectivity index (χ4n) is 2.94. The molecule has 0 unspecified atom stereocenters. The van der Waals surface area contributed by atoms with Crippen LogP contribution in [-0.2, 0) is 12.8 Å². The van der Waals surface area contributed by atoms with Gasteiger partial charge in [-0.1, -0.05) is 30.3 Å². The quantitative estimate of drug-likeness (QED) is 0.890. The molecule has 3 nitrogen and oxygen atoms in total. The molecule has 1 aromatic carbocycles. The molecule has 1 aromatic heterocycles. The lowest BCUT2D eigenvalue weighted by atomic mass is 10.00. The summed E-state index contributed by atoms with van der Waals surface area (Å²) in [5.74, 6) is 1.55.